The fourth-order valence-electron chi connectivity index (χ4n) is 1.44. The Kier molecular flexibility index (Phi) is 2.88. The van der Waals surface area contributed by atoms with Crippen LogP contribution in [0.15, 0.2) is 35.1 Å². The summed E-state index contributed by atoms with van der Waals surface area (Å²) in [5.74, 6) is 0. The Morgan fingerprint density at radius 3 is 2.87 bits per heavy atom. The summed E-state index contributed by atoms with van der Waals surface area (Å²) in [7, 11) is 0. The summed E-state index contributed by atoms with van der Waals surface area (Å²) in [5, 5.41) is 4.29. The van der Waals surface area contributed by atoms with E-state index < -0.39 is 0 Å². The van der Waals surface area contributed by atoms with Crippen molar-refractivity contribution in [2.45, 2.75) is 13.5 Å². The molecule has 2 N–H and O–H groups in total. The van der Waals surface area contributed by atoms with Gasteiger partial charge in [0, 0.05) is 12.1 Å². The van der Waals surface area contributed by atoms with Crippen molar-refractivity contribution >= 4 is 15.9 Å². The summed E-state index contributed by atoms with van der Waals surface area (Å²) >= 11 is 3.49. The summed E-state index contributed by atoms with van der Waals surface area (Å²) in [4.78, 5) is 0. The number of hydrogen-bond donors (Lipinski definition) is 1. The van der Waals surface area contributed by atoms with Crippen molar-refractivity contribution in [1.29, 1.82) is 0 Å². The molecule has 0 fully saturated rings. The van der Waals surface area contributed by atoms with Crippen molar-refractivity contribution in [1.82, 2.24) is 9.78 Å². The lowest BCUT2D eigenvalue weighted by Gasteiger charge is -2.04. The highest BCUT2D eigenvalue weighted by atomic mass is 79.9. The predicted molar refractivity (Wildman–Crippen MR) is 63.9 cm³/mol. The second-order valence-electron chi connectivity index (χ2n) is 3.42. The summed E-state index contributed by atoms with van der Waals surface area (Å²) in [6.45, 7) is 2.55. The minimum atomic E-state index is 0.492. The maximum absolute atomic E-state index is 5.59. The summed E-state index contributed by atoms with van der Waals surface area (Å²) in [6, 6.07) is 8.18. The largest absolute Gasteiger partial charge is 0.326 e. The molecule has 0 saturated heterocycles. The number of hydrogen-bond acceptors (Lipinski definition) is 2. The molecule has 0 bridgehead atoms. The van der Waals surface area contributed by atoms with E-state index in [4.69, 9.17) is 5.73 Å². The zero-order chi connectivity index (χ0) is 10.8. The standard InChI is InChI=1S/C11H12BrN3/c1-8-3-2-4-10(5-8)15-11(12)9(6-13)7-14-15/h2-5,7H,6,13H2,1H3. The molecule has 2 rings (SSSR count). The van der Waals surface area contributed by atoms with E-state index in [9.17, 15) is 0 Å². The van der Waals surface area contributed by atoms with Gasteiger partial charge in [0.2, 0.25) is 0 Å². The topological polar surface area (TPSA) is 43.8 Å². The van der Waals surface area contributed by atoms with Gasteiger partial charge in [0.1, 0.15) is 4.60 Å². The second-order valence-corrected chi connectivity index (χ2v) is 4.17. The van der Waals surface area contributed by atoms with E-state index in [1.165, 1.54) is 5.56 Å². The number of aromatic nitrogens is 2. The zero-order valence-corrected chi connectivity index (χ0v) is 10.0. The molecule has 0 saturated carbocycles. The van der Waals surface area contributed by atoms with Crippen LogP contribution in [-0.4, -0.2) is 9.78 Å². The molecule has 0 radical (unpaired) electrons. The lowest BCUT2D eigenvalue weighted by atomic mass is 10.2. The molecule has 0 atom stereocenters. The van der Waals surface area contributed by atoms with E-state index in [0.29, 0.717) is 6.54 Å². The average Bonchev–Trinajstić information content (AvgIpc) is 2.59. The highest BCUT2D eigenvalue weighted by Gasteiger charge is 2.07. The molecule has 2 aromatic rings. The molecule has 4 heteroatoms. The van der Waals surface area contributed by atoms with E-state index in [1.54, 1.807) is 6.20 Å². The molecule has 3 nitrogen and oxygen atoms in total. The van der Waals surface area contributed by atoms with E-state index in [1.807, 2.05) is 16.8 Å². The monoisotopic (exact) mass is 265 g/mol. The summed E-state index contributed by atoms with van der Waals surface area (Å²) in [5.41, 5.74) is 8.85. The lowest BCUT2D eigenvalue weighted by molar-refractivity contribution is 0.857. The van der Waals surface area contributed by atoms with Gasteiger partial charge in [-0.3, -0.25) is 0 Å². The summed E-state index contributed by atoms with van der Waals surface area (Å²) in [6.07, 6.45) is 1.78. The lowest BCUT2D eigenvalue weighted by Crippen LogP contribution is -1.99. The highest BCUT2D eigenvalue weighted by Crippen LogP contribution is 2.20. The molecule has 1 heterocycles. The predicted octanol–water partition coefficient (Wildman–Crippen LogP) is 2.40. The van der Waals surface area contributed by atoms with Crippen LogP contribution in [0.5, 0.6) is 0 Å². The van der Waals surface area contributed by atoms with Crippen molar-refractivity contribution in [2.75, 3.05) is 0 Å². The normalized spacial score (nSPS) is 10.6. The van der Waals surface area contributed by atoms with Crippen molar-refractivity contribution < 1.29 is 0 Å². The van der Waals surface area contributed by atoms with Gasteiger partial charge in [0.25, 0.3) is 0 Å². The van der Waals surface area contributed by atoms with Gasteiger partial charge in [-0.25, -0.2) is 4.68 Å². The van der Waals surface area contributed by atoms with Crippen LogP contribution in [0.25, 0.3) is 5.69 Å². The number of rotatable bonds is 2. The first-order valence-electron chi connectivity index (χ1n) is 4.72. The number of nitrogens with zero attached hydrogens (tertiary/aromatic N) is 2. The molecule has 0 spiro atoms. The van der Waals surface area contributed by atoms with Gasteiger partial charge in [-0.2, -0.15) is 5.10 Å². The first-order chi connectivity index (χ1) is 7.22. The van der Waals surface area contributed by atoms with Crippen LogP contribution in [0, 0.1) is 6.92 Å². The first kappa shape index (κ1) is 10.4. The molecular formula is C11H12BrN3. The quantitative estimate of drug-likeness (QED) is 0.907. The van der Waals surface area contributed by atoms with Crippen molar-refractivity contribution in [3.8, 4) is 5.69 Å². The fourth-order valence-corrected chi connectivity index (χ4v) is 2.00. The van der Waals surface area contributed by atoms with Crippen molar-refractivity contribution in [3.05, 3.63) is 46.2 Å². The minimum Gasteiger partial charge on any atom is -0.326 e. The highest BCUT2D eigenvalue weighted by molar-refractivity contribution is 9.10. The number of benzene rings is 1. The third kappa shape index (κ3) is 1.96. The first-order valence-corrected chi connectivity index (χ1v) is 5.51. The molecule has 78 valence electrons. The Morgan fingerprint density at radius 2 is 2.27 bits per heavy atom. The van der Waals surface area contributed by atoms with Gasteiger partial charge in [-0.05, 0) is 40.5 Å². The molecule has 0 unspecified atom stereocenters. The van der Waals surface area contributed by atoms with Crippen LogP contribution in [0.2, 0.25) is 0 Å². The van der Waals surface area contributed by atoms with Gasteiger partial charge < -0.3 is 5.73 Å². The molecule has 0 aliphatic heterocycles. The van der Waals surface area contributed by atoms with Crippen LogP contribution < -0.4 is 5.73 Å². The molecule has 0 amide bonds. The van der Waals surface area contributed by atoms with E-state index in [-0.39, 0.29) is 0 Å². The third-order valence-electron chi connectivity index (χ3n) is 2.25. The van der Waals surface area contributed by atoms with Crippen LogP contribution in [0.3, 0.4) is 0 Å². The number of halogens is 1. The van der Waals surface area contributed by atoms with Gasteiger partial charge >= 0.3 is 0 Å². The Hall–Kier alpha value is -1.13. The average molecular weight is 266 g/mol. The van der Waals surface area contributed by atoms with Crippen LogP contribution in [0.1, 0.15) is 11.1 Å². The minimum absolute atomic E-state index is 0.492. The third-order valence-corrected chi connectivity index (χ3v) is 3.09. The molecule has 1 aromatic carbocycles. The molecule has 0 aliphatic carbocycles. The summed E-state index contributed by atoms with van der Waals surface area (Å²) < 4.78 is 2.77. The Morgan fingerprint density at radius 1 is 1.47 bits per heavy atom. The maximum Gasteiger partial charge on any atom is 0.114 e. The second kappa shape index (κ2) is 4.16. The van der Waals surface area contributed by atoms with Crippen LogP contribution in [-0.2, 0) is 6.54 Å². The van der Waals surface area contributed by atoms with Gasteiger partial charge in [-0.1, -0.05) is 12.1 Å². The fraction of sp³-hybridized carbons (Fsp3) is 0.182. The Balaban J connectivity index is 2.49. The maximum atomic E-state index is 5.59. The van der Waals surface area contributed by atoms with E-state index in [0.717, 1.165) is 15.9 Å². The van der Waals surface area contributed by atoms with Gasteiger partial charge in [-0.15, -0.1) is 0 Å². The van der Waals surface area contributed by atoms with Crippen molar-refractivity contribution in [3.63, 3.8) is 0 Å². The van der Waals surface area contributed by atoms with Crippen LogP contribution in [0.4, 0.5) is 0 Å². The van der Waals surface area contributed by atoms with Crippen molar-refractivity contribution in [2.24, 2.45) is 5.73 Å². The smallest absolute Gasteiger partial charge is 0.114 e. The van der Waals surface area contributed by atoms with E-state index in [2.05, 4.69) is 40.1 Å². The molecule has 0 aliphatic rings. The van der Waals surface area contributed by atoms with Gasteiger partial charge in [0.15, 0.2) is 0 Å². The molecule has 1 aromatic heterocycles. The number of aryl methyl sites for hydroxylation is 1. The zero-order valence-electron chi connectivity index (χ0n) is 8.44. The van der Waals surface area contributed by atoms with E-state index >= 15 is 0 Å². The van der Waals surface area contributed by atoms with Crippen LogP contribution >= 0.6 is 15.9 Å². The van der Waals surface area contributed by atoms with Gasteiger partial charge in [0.05, 0.1) is 11.9 Å². The SMILES string of the molecule is Cc1cccc(-n2ncc(CN)c2Br)c1. The Labute approximate surface area is 97.0 Å². The Bertz CT molecular complexity index is 476. The molecule has 15 heavy (non-hydrogen) atoms. The molecular weight excluding hydrogens is 254 g/mol. The number of nitrogens with two attached hydrogens (primary N) is 1.